The molecular weight excluding hydrogens is 912 g/mol. The predicted molar refractivity (Wildman–Crippen MR) is 249 cm³/mol. The predicted octanol–water partition coefficient (Wildman–Crippen LogP) is 6.88. The molecule has 4 amide bonds. The molecule has 6 N–H and O–H groups in total. The van der Waals surface area contributed by atoms with Crippen molar-refractivity contribution in [2.75, 3.05) is 13.7 Å². The van der Waals surface area contributed by atoms with Gasteiger partial charge in [0, 0.05) is 74.7 Å². The van der Waals surface area contributed by atoms with Gasteiger partial charge < -0.3 is 30.9 Å². The Hall–Kier alpha value is -5.40. The third-order valence-electron chi connectivity index (χ3n) is 11.4. The number of aromatic amines is 1. The molecule has 1 aliphatic rings. The Labute approximate surface area is 392 Å². The van der Waals surface area contributed by atoms with Crippen LogP contribution in [-0.2, 0) is 48.7 Å². The van der Waals surface area contributed by atoms with E-state index >= 15 is 0 Å². The summed E-state index contributed by atoms with van der Waals surface area (Å²) in [6, 6.07) is 17.5. The van der Waals surface area contributed by atoms with Crippen LogP contribution in [0.3, 0.4) is 0 Å². The molecule has 3 aromatic carbocycles. The standard InChI is InChI=1S/C47H54ClF2N7O7S2/c1-29(59)56-66(63,64)33-19-17-30(18-20-33)34-21-22-37(48)43-36(34)28-54-45(61)41(25-32-27-52-38-13-8-7-12-35(32)38)57(2)47(62)40(14-5-3-4-6-16-42(49)50)55-44(60)39(15-10-24-58)53-26-31-11-9-23-51-46(31)65-43/h7-9,11-13,17-23,27,39-42,52-53,58H,3-6,10,14-16,24-26,28H2,1-2H3,(H,54,61)(H,55,60)(H,56,59)/t39-,40-,41-/m0/s1. The molecule has 0 bridgehead atoms. The highest BCUT2D eigenvalue weighted by Gasteiger charge is 2.34. The smallest absolute Gasteiger partial charge is 0.264 e. The summed E-state index contributed by atoms with van der Waals surface area (Å²) in [7, 11) is -2.62. The first-order valence-corrected chi connectivity index (χ1v) is 24.4. The monoisotopic (exact) mass is 965 g/mol. The number of hydrogen-bond acceptors (Lipinski definition) is 10. The van der Waals surface area contributed by atoms with Crippen molar-refractivity contribution >= 4 is 67.9 Å². The van der Waals surface area contributed by atoms with Gasteiger partial charge >= 0.3 is 0 Å². The molecule has 0 unspecified atom stereocenters. The summed E-state index contributed by atoms with van der Waals surface area (Å²) in [5.41, 5.74) is 4.04. The number of fused-ring (bicyclic) bond motifs is 3. The molecule has 14 nitrogen and oxygen atoms in total. The van der Waals surface area contributed by atoms with Gasteiger partial charge in [-0.3, -0.25) is 19.2 Å². The zero-order valence-electron chi connectivity index (χ0n) is 36.6. The van der Waals surface area contributed by atoms with Crippen molar-refractivity contribution in [1.29, 1.82) is 0 Å². The molecule has 6 rings (SSSR count). The molecule has 0 radical (unpaired) electrons. The molecule has 0 spiro atoms. The highest BCUT2D eigenvalue weighted by molar-refractivity contribution is 7.99. The maximum Gasteiger partial charge on any atom is 0.264 e. The minimum Gasteiger partial charge on any atom is -0.396 e. The second-order valence-electron chi connectivity index (χ2n) is 16.1. The lowest BCUT2D eigenvalue weighted by Crippen LogP contribution is -2.57. The average molecular weight is 967 g/mol. The molecule has 0 aliphatic carbocycles. The van der Waals surface area contributed by atoms with Crippen molar-refractivity contribution in [2.24, 2.45) is 0 Å². The number of hydrogen-bond donors (Lipinski definition) is 6. The molecule has 2 aromatic heterocycles. The number of pyridine rings is 1. The maximum absolute atomic E-state index is 14.8. The van der Waals surface area contributed by atoms with Gasteiger partial charge in [0.25, 0.3) is 10.0 Å². The number of aromatic nitrogens is 2. The molecule has 0 saturated carbocycles. The topological polar surface area (TPSA) is 203 Å². The molecule has 0 fully saturated rings. The number of likely N-dealkylation sites (N-methyl/N-ethyl adjacent to an activating group) is 1. The molecule has 3 atom stereocenters. The van der Waals surface area contributed by atoms with E-state index in [4.69, 9.17) is 11.6 Å². The number of aliphatic hydroxyl groups excluding tert-OH is 1. The number of carbonyl (C=O) groups excluding carboxylic acids is 4. The summed E-state index contributed by atoms with van der Waals surface area (Å²) in [6.07, 6.45) is 3.36. The van der Waals surface area contributed by atoms with Crippen LogP contribution in [0.2, 0.25) is 5.02 Å². The summed E-state index contributed by atoms with van der Waals surface area (Å²) in [5.74, 6) is -2.26. The summed E-state index contributed by atoms with van der Waals surface area (Å²) in [5, 5.41) is 20.9. The van der Waals surface area contributed by atoms with Crippen molar-refractivity contribution in [2.45, 2.75) is 117 Å². The van der Waals surface area contributed by atoms with E-state index in [9.17, 15) is 41.5 Å². The normalized spacial score (nSPS) is 17.8. The largest absolute Gasteiger partial charge is 0.396 e. The van der Waals surface area contributed by atoms with Crippen LogP contribution >= 0.6 is 23.4 Å². The number of carbonyl (C=O) groups is 4. The number of aliphatic hydroxyl groups is 1. The fourth-order valence-electron chi connectivity index (χ4n) is 7.96. The summed E-state index contributed by atoms with van der Waals surface area (Å²) in [6.45, 7) is 0.977. The Morgan fingerprint density at radius 3 is 2.42 bits per heavy atom. The molecule has 1 aliphatic heterocycles. The number of rotatable bonds is 15. The number of alkyl halides is 2. The number of para-hydroxylation sites is 1. The highest BCUT2D eigenvalue weighted by atomic mass is 35.5. The van der Waals surface area contributed by atoms with Gasteiger partial charge in [-0.25, -0.2) is 26.9 Å². The number of amides is 4. The molecule has 66 heavy (non-hydrogen) atoms. The number of halogens is 3. The average Bonchev–Trinajstić information content (AvgIpc) is 3.70. The zero-order valence-corrected chi connectivity index (χ0v) is 39.0. The summed E-state index contributed by atoms with van der Waals surface area (Å²) < 4.78 is 53.4. The second kappa shape index (κ2) is 23.4. The van der Waals surface area contributed by atoms with Crippen molar-refractivity contribution in [1.82, 2.24) is 35.5 Å². The Morgan fingerprint density at radius 2 is 1.68 bits per heavy atom. The van der Waals surface area contributed by atoms with E-state index in [0.29, 0.717) is 62.9 Å². The van der Waals surface area contributed by atoms with Crippen molar-refractivity contribution in [3.05, 3.63) is 107 Å². The van der Waals surface area contributed by atoms with E-state index in [1.54, 1.807) is 42.7 Å². The number of H-pyrrole nitrogens is 1. The number of nitrogens with zero attached hydrogens (tertiary/aromatic N) is 2. The highest BCUT2D eigenvalue weighted by Crippen LogP contribution is 2.41. The maximum atomic E-state index is 14.8. The van der Waals surface area contributed by atoms with E-state index in [0.717, 1.165) is 23.4 Å². The molecule has 3 heterocycles. The first kappa shape index (κ1) is 50.0. The van der Waals surface area contributed by atoms with Gasteiger partial charge in [-0.15, -0.1) is 0 Å². The van der Waals surface area contributed by atoms with Crippen LogP contribution in [0.1, 0.15) is 75.0 Å². The third kappa shape index (κ3) is 12.9. The van der Waals surface area contributed by atoms with Gasteiger partial charge in [0.15, 0.2) is 0 Å². The van der Waals surface area contributed by atoms with Crippen molar-refractivity contribution in [3.63, 3.8) is 0 Å². The van der Waals surface area contributed by atoms with Gasteiger partial charge in [0.05, 0.1) is 16.0 Å². The van der Waals surface area contributed by atoms with Crippen LogP contribution in [0, 0.1) is 0 Å². The minimum absolute atomic E-state index is 0.0819. The van der Waals surface area contributed by atoms with Gasteiger partial charge in [0.1, 0.15) is 17.1 Å². The van der Waals surface area contributed by atoms with E-state index in [1.165, 1.54) is 35.8 Å². The zero-order chi connectivity index (χ0) is 47.4. The van der Waals surface area contributed by atoms with E-state index in [1.807, 2.05) is 35.1 Å². The Bertz CT molecular complexity index is 2620. The van der Waals surface area contributed by atoms with Gasteiger partial charge in [-0.2, -0.15) is 0 Å². The lowest BCUT2D eigenvalue weighted by molar-refractivity contribution is -0.142. The van der Waals surface area contributed by atoms with Crippen molar-refractivity contribution < 1.29 is 41.5 Å². The number of benzene rings is 3. The summed E-state index contributed by atoms with van der Waals surface area (Å²) >= 11 is 8.26. The van der Waals surface area contributed by atoms with E-state index < -0.39 is 58.2 Å². The Kier molecular flexibility index (Phi) is 17.7. The number of nitrogens with one attached hydrogen (secondary N) is 5. The van der Waals surface area contributed by atoms with Crippen LogP contribution in [0.25, 0.3) is 22.0 Å². The van der Waals surface area contributed by atoms with Crippen LogP contribution in [-0.4, -0.2) is 90.2 Å². The van der Waals surface area contributed by atoms with E-state index in [-0.39, 0.29) is 56.7 Å². The van der Waals surface area contributed by atoms with Gasteiger partial charge in [-0.05, 0) is 83.8 Å². The van der Waals surface area contributed by atoms with E-state index in [2.05, 4.69) is 25.9 Å². The van der Waals surface area contributed by atoms with Crippen molar-refractivity contribution in [3.8, 4) is 11.1 Å². The molecule has 19 heteroatoms. The number of sulfonamides is 1. The Balaban J connectivity index is 1.45. The Morgan fingerprint density at radius 1 is 0.939 bits per heavy atom. The second-order valence-corrected chi connectivity index (χ2v) is 19.2. The fraction of sp³-hybridized carbons (Fsp3) is 0.383. The molecule has 5 aromatic rings. The first-order valence-electron chi connectivity index (χ1n) is 21.8. The fourth-order valence-corrected chi connectivity index (χ4v) is 10.3. The molecule has 352 valence electrons. The summed E-state index contributed by atoms with van der Waals surface area (Å²) in [4.78, 5) is 65.2. The SMILES string of the molecule is CC(=O)NS(=O)(=O)c1ccc(-c2ccc(Cl)c3c2CNC(=O)[C@H](Cc2c[nH]c4ccccc24)N(C)C(=O)[C@H](CCCCCCC(F)F)NC(=O)[C@H](CCCO)NCc2cccnc2S3)cc1. The van der Waals surface area contributed by atoms with Gasteiger partial charge in [-0.1, -0.05) is 85.1 Å². The van der Waals surface area contributed by atoms with Crippen LogP contribution in [0.4, 0.5) is 8.78 Å². The quantitative estimate of drug-likeness (QED) is 0.0601. The lowest BCUT2D eigenvalue weighted by atomic mass is 9.98. The third-order valence-corrected chi connectivity index (χ3v) is 14.6. The van der Waals surface area contributed by atoms with Crippen LogP contribution in [0.5, 0.6) is 0 Å². The van der Waals surface area contributed by atoms with Gasteiger partial charge in [0.2, 0.25) is 30.1 Å². The molecule has 0 saturated heterocycles. The number of unbranched alkanes of at least 4 members (excludes halogenated alkanes) is 3. The first-order chi connectivity index (χ1) is 31.7. The molecular formula is C47H54ClF2N7O7S2. The van der Waals surface area contributed by atoms with Crippen LogP contribution < -0.4 is 20.7 Å². The van der Waals surface area contributed by atoms with Crippen LogP contribution in [0.15, 0.2) is 100 Å². The minimum atomic E-state index is -4.14. The lowest BCUT2D eigenvalue weighted by Gasteiger charge is -2.32.